The summed E-state index contributed by atoms with van der Waals surface area (Å²) >= 11 is 0. The SMILES string of the molecule is COC1CCCC(Oc2cnccc2CNC(C)C)C1. The van der Waals surface area contributed by atoms with Crippen LogP contribution in [0.1, 0.15) is 45.1 Å². The fourth-order valence-corrected chi connectivity index (χ4v) is 2.58. The maximum Gasteiger partial charge on any atom is 0.142 e. The van der Waals surface area contributed by atoms with Gasteiger partial charge in [0.05, 0.1) is 12.3 Å². The second-order valence-corrected chi connectivity index (χ2v) is 5.78. The van der Waals surface area contributed by atoms with Gasteiger partial charge in [-0.25, -0.2) is 0 Å². The maximum absolute atomic E-state index is 6.17. The van der Waals surface area contributed by atoms with Crippen LogP contribution in [-0.2, 0) is 11.3 Å². The van der Waals surface area contributed by atoms with E-state index in [0.29, 0.717) is 12.1 Å². The topological polar surface area (TPSA) is 43.4 Å². The van der Waals surface area contributed by atoms with Crippen LogP contribution in [0.4, 0.5) is 0 Å². The van der Waals surface area contributed by atoms with Gasteiger partial charge in [-0.1, -0.05) is 13.8 Å². The van der Waals surface area contributed by atoms with Crippen LogP contribution < -0.4 is 10.1 Å². The summed E-state index contributed by atoms with van der Waals surface area (Å²) in [7, 11) is 1.79. The van der Waals surface area contributed by atoms with Crippen LogP contribution in [0.15, 0.2) is 18.5 Å². The number of ether oxygens (including phenoxy) is 2. The highest BCUT2D eigenvalue weighted by molar-refractivity contribution is 5.30. The molecule has 1 aliphatic rings. The van der Waals surface area contributed by atoms with E-state index in [1.165, 1.54) is 12.0 Å². The molecule has 1 heterocycles. The molecule has 0 aromatic carbocycles. The van der Waals surface area contributed by atoms with Crippen molar-refractivity contribution in [1.29, 1.82) is 0 Å². The number of nitrogens with zero attached hydrogens (tertiary/aromatic N) is 1. The fraction of sp³-hybridized carbons (Fsp3) is 0.688. The molecule has 0 saturated heterocycles. The summed E-state index contributed by atoms with van der Waals surface area (Å²) in [6, 6.07) is 2.49. The average molecular weight is 278 g/mol. The first kappa shape index (κ1) is 15.3. The third-order valence-electron chi connectivity index (χ3n) is 3.78. The van der Waals surface area contributed by atoms with Crippen LogP contribution in [0.3, 0.4) is 0 Å². The molecule has 4 nitrogen and oxygen atoms in total. The lowest BCUT2D eigenvalue weighted by molar-refractivity contribution is 0.0205. The van der Waals surface area contributed by atoms with Crippen molar-refractivity contribution in [2.45, 2.75) is 64.3 Å². The van der Waals surface area contributed by atoms with Crippen molar-refractivity contribution in [1.82, 2.24) is 10.3 Å². The number of aromatic nitrogens is 1. The summed E-state index contributed by atoms with van der Waals surface area (Å²) in [5.74, 6) is 0.905. The van der Waals surface area contributed by atoms with Crippen molar-refractivity contribution in [3.8, 4) is 5.75 Å². The summed E-state index contributed by atoms with van der Waals surface area (Å²) in [4.78, 5) is 4.19. The van der Waals surface area contributed by atoms with Gasteiger partial charge in [0.25, 0.3) is 0 Å². The molecule has 2 atom stereocenters. The van der Waals surface area contributed by atoms with Crippen LogP contribution in [0.5, 0.6) is 5.75 Å². The summed E-state index contributed by atoms with van der Waals surface area (Å²) in [6.45, 7) is 5.11. The molecule has 0 amide bonds. The fourth-order valence-electron chi connectivity index (χ4n) is 2.58. The van der Waals surface area contributed by atoms with Gasteiger partial charge < -0.3 is 14.8 Å². The Hall–Kier alpha value is -1.13. The normalized spacial score (nSPS) is 23.0. The van der Waals surface area contributed by atoms with E-state index >= 15 is 0 Å². The predicted molar refractivity (Wildman–Crippen MR) is 79.9 cm³/mol. The van der Waals surface area contributed by atoms with Gasteiger partial charge in [-0.15, -0.1) is 0 Å². The van der Waals surface area contributed by atoms with Crippen molar-refractivity contribution in [3.05, 3.63) is 24.0 Å². The van der Waals surface area contributed by atoms with Crippen molar-refractivity contribution in [2.75, 3.05) is 7.11 Å². The second-order valence-electron chi connectivity index (χ2n) is 5.78. The third-order valence-corrected chi connectivity index (χ3v) is 3.78. The predicted octanol–water partition coefficient (Wildman–Crippen LogP) is 2.92. The molecular weight excluding hydrogens is 252 g/mol. The summed E-state index contributed by atoms with van der Waals surface area (Å²) in [5.41, 5.74) is 1.17. The number of pyridine rings is 1. The molecule has 1 fully saturated rings. The number of hydrogen-bond acceptors (Lipinski definition) is 4. The van der Waals surface area contributed by atoms with Crippen LogP contribution in [-0.4, -0.2) is 30.3 Å². The number of rotatable bonds is 6. The van der Waals surface area contributed by atoms with E-state index < -0.39 is 0 Å². The molecular formula is C16H26N2O2. The highest BCUT2D eigenvalue weighted by Crippen LogP contribution is 2.26. The highest BCUT2D eigenvalue weighted by Gasteiger charge is 2.23. The smallest absolute Gasteiger partial charge is 0.142 e. The third kappa shape index (κ3) is 4.46. The lowest BCUT2D eigenvalue weighted by Crippen LogP contribution is -2.30. The minimum absolute atomic E-state index is 0.246. The molecule has 1 aliphatic carbocycles. The van der Waals surface area contributed by atoms with Gasteiger partial charge in [-0.05, 0) is 25.3 Å². The van der Waals surface area contributed by atoms with E-state index in [1.807, 2.05) is 18.5 Å². The Labute approximate surface area is 121 Å². The van der Waals surface area contributed by atoms with Gasteiger partial charge in [0.15, 0.2) is 0 Å². The van der Waals surface area contributed by atoms with Crippen LogP contribution >= 0.6 is 0 Å². The van der Waals surface area contributed by atoms with Crippen LogP contribution in [0.25, 0.3) is 0 Å². The first-order valence-corrected chi connectivity index (χ1v) is 7.54. The minimum Gasteiger partial charge on any atom is -0.488 e. The van der Waals surface area contributed by atoms with Gasteiger partial charge >= 0.3 is 0 Å². The van der Waals surface area contributed by atoms with Crippen LogP contribution in [0, 0.1) is 0 Å². The minimum atomic E-state index is 0.246. The van der Waals surface area contributed by atoms with Crippen molar-refractivity contribution < 1.29 is 9.47 Å². The van der Waals surface area contributed by atoms with Crippen molar-refractivity contribution in [3.63, 3.8) is 0 Å². The molecule has 2 unspecified atom stereocenters. The van der Waals surface area contributed by atoms with Gasteiger partial charge in [0.2, 0.25) is 0 Å². The summed E-state index contributed by atoms with van der Waals surface area (Å²) in [5, 5.41) is 3.43. The van der Waals surface area contributed by atoms with Gasteiger partial charge in [-0.3, -0.25) is 4.98 Å². The lowest BCUT2D eigenvalue weighted by Gasteiger charge is -2.29. The number of nitrogens with one attached hydrogen (secondary N) is 1. The number of methoxy groups -OCH3 is 1. The molecule has 0 aliphatic heterocycles. The second kappa shape index (κ2) is 7.60. The zero-order chi connectivity index (χ0) is 14.4. The first-order valence-electron chi connectivity index (χ1n) is 7.54. The lowest BCUT2D eigenvalue weighted by atomic mass is 9.95. The van der Waals surface area contributed by atoms with E-state index in [4.69, 9.17) is 9.47 Å². The molecule has 1 aromatic heterocycles. The van der Waals surface area contributed by atoms with E-state index in [2.05, 4.69) is 24.1 Å². The Morgan fingerprint density at radius 3 is 2.90 bits per heavy atom. The quantitative estimate of drug-likeness (QED) is 0.869. The zero-order valence-electron chi connectivity index (χ0n) is 12.8. The Balaban J connectivity index is 1.97. The molecule has 0 spiro atoms. The Morgan fingerprint density at radius 2 is 2.15 bits per heavy atom. The Bertz CT molecular complexity index is 409. The van der Waals surface area contributed by atoms with Crippen LogP contribution in [0.2, 0.25) is 0 Å². The first-order chi connectivity index (χ1) is 9.69. The molecule has 20 heavy (non-hydrogen) atoms. The standard InChI is InChI=1S/C16H26N2O2/c1-12(2)18-10-13-7-8-17-11-16(13)20-15-6-4-5-14(9-15)19-3/h7-8,11-12,14-15,18H,4-6,9-10H2,1-3H3. The number of hydrogen-bond donors (Lipinski definition) is 1. The molecule has 1 N–H and O–H groups in total. The van der Waals surface area contributed by atoms with E-state index in [0.717, 1.165) is 31.6 Å². The van der Waals surface area contributed by atoms with Crippen molar-refractivity contribution in [2.24, 2.45) is 0 Å². The molecule has 1 aromatic rings. The molecule has 112 valence electrons. The highest BCUT2D eigenvalue weighted by atomic mass is 16.5. The van der Waals surface area contributed by atoms with E-state index in [1.54, 1.807) is 7.11 Å². The molecule has 2 rings (SSSR count). The van der Waals surface area contributed by atoms with E-state index in [9.17, 15) is 0 Å². The van der Waals surface area contributed by atoms with Crippen molar-refractivity contribution >= 4 is 0 Å². The van der Waals surface area contributed by atoms with Gasteiger partial charge in [0.1, 0.15) is 11.9 Å². The summed E-state index contributed by atoms with van der Waals surface area (Å²) in [6.07, 6.45) is 8.62. The van der Waals surface area contributed by atoms with E-state index in [-0.39, 0.29) is 6.10 Å². The largest absolute Gasteiger partial charge is 0.488 e. The summed E-state index contributed by atoms with van der Waals surface area (Å²) < 4.78 is 11.6. The molecule has 0 bridgehead atoms. The Kier molecular flexibility index (Phi) is 5.80. The monoisotopic (exact) mass is 278 g/mol. The average Bonchev–Trinajstić information content (AvgIpc) is 2.46. The molecule has 4 heteroatoms. The molecule has 1 saturated carbocycles. The maximum atomic E-state index is 6.17. The zero-order valence-corrected chi connectivity index (χ0v) is 12.8. The van der Waals surface area contributed by atoms with Gasteiger partial charge in [-0.2, -0.15) is 0 Å². The molecule has 0 radical (unpaired) electrons. The van der Waals surface area contributed by atoms with Gasteiger partial charge in [0, 0.05) is 37.9 Å². The Morgan fingerprint density at radius 1 is 1.35 bits per heavy atom.